The van der Waals surface area contributed by atoms with Gasteiger partial charge in [-0.3, -0.25) is 9.69 Å². The van der Waals surface area contributed by atoms with Crippen molar-refractivity contribution in [2.45, 2.75) is 44.4 Å². The average Bonchev–Trinajstić information content (AvgIpc) is 3.17. The normalized spacial score (nSPS) is 20.4. The summed E-state index contributed by atoms with van der Waals surface area (Å²) in [6, 6.07) is 9.63. The maximum Gasteiger partial charge on any atom is 0.162 e. The van der Waals surface area contributed by atoms with Crippen molar-refractivity contribution in [1.29, 1.82) is 5.26 Å². The number of nitriles is 1. The first-order chi connectivity index (χ1) is 15.2. The van der Waals surface area contributed by atoms with Gasteiger partial charge in [0.2, 0.25) is 0 Å². The first-order valence-corrected chi connectivity index (χ1v) is 12.9. The van der Waals surface area contributed by atoms with Crippen LogP contribution < -0.4 is 10.6 Å². The predicted molar refractivity (Wildman–Crippen MR) is 134 cm³/mol. The van der Waals surface area contributed by atoms with Crippen LogP contribution >= 0.6 is 46.3 Å². The summed E-state index contributed by atoms with van der Waals surface area (Å²) in [6.45, 7) is 6.26. The molecule has 1 aliphatic carbocycles. The molecule has 4 rings (SSSR count). The summed E-state index contributed by atoms with van der Waals surface area (Å²) < 4.78 is 0. The predicted octanol–water partition coefficient (Wildman–Crippen LogP) is 7.11. The molecular weight excluding hydrogens is 481 g/mol. The summed E-state index contributed by atoms with van der Waals surface area (Å²) in [4.78, 5) is 17.5. The van der Waals surface area contributed by atoms with Crippen LogP contribution in [0.2, 0.25) is 10.0 Å². The number of Topliss-reactive ketones (excluding diaryl/α,β-unsaturated/α-hetero) is 1. The maximum atomic E-state index is 13.6. The number of thiophene rings is 1. The fourth-order valence-corrected chi connectivity index (χ4v) is 6.83. The number of carbonyl (C=O) groups is 1. The minimum absolute atomic E-state index is 0.0624. The van der Waals surface area contributed by atoms with E-state index in [9.17, 15) is 10.1 Å². The van der Waals surface area contributed by atoms with Crippen molar-refractivity contribution in [3.63, 3.8) is 0 Å². The zero-order valence-electron chi connectivity index (χ0n) is 18.0. The van der Waals surface area contributed by atoms with Crippen LogP contribution in [-0.2, 0) is 4.79 Å². The first-order valence-electron chi connectivity index (χ1n) is 10.3. The smallest absolute Gasteiger partial charge is 0.162 e. The van der Waals surface area contributed by atoms with Gasteiger partial charge in [-0.2, -0.15) is 5.26 Å². The second-order valence-corrected chi connectivity index (χ2v) is 11.7. The molecule has 0 saturated heterocycles. The highest BCUT2D eigenvalue weighted by molar-refractivity contribution is 7.99. The van der Waals surface area contributed by atoms with Gasteiger partial charge in [-0.15, -0.1) is 23.1 Å². The Bertz CT molecular complexity index is 1210. The molecular formula is C24H23Cl2N3OS2. The number of allylic oxidation sites excluding steroid dienone is 3. The Morgan fingerprint density at radius 2 is 2.03 bits per heavy atom. The van der Waals surface area contributed by atoms with Gasteiger partial charge in [0.1, 0.15) is 5.82 Å². The van der Waals surface area contributed by atoms with Gasteiger partial charge in [0.05, 0.1) is 27.6 Å². The van der Waals surface area contributed by atoms with E-state index < -0.39 is 5.92 Å². The first kappa shape index (κ1) is 23.3. The molecule has 0 fully saturated rings. The number of anilines is 1. The van der Waals surface area contributed by atoms with Gasteiger partial charge in [0, 0.05) is 33.2 Å². The van der Waals surface area contributed by atoms with E-state index in [2.05, 4.69) is 32.9 Å². The van der Waals surface area contributed by atoms with Crippen LogP contribution in [0.4, 0.5) is 5.69 Å². The number of ketones is 1. The zero-order valence-corrected chi connectivity index (χ0v) is 21.2. The summed E-state index contributed by atoms with van der Waals surface area (Å²) in [5, 5.41) is 13.0. The highest BCUT2D eigenvalue weighted by atomic mass is 35.5. The lowest BCUT2D eigenvalue weighted by Crippen LogP contribution is -2.42. The molecule has 2 heterocycles. The van der Waals surface area contributed by atoms with Crippen molar-refractivity contribution in [3.8, 4) is 6.07 Å². The lowest BCUT2D eigenvalue weighted by molar-refractivity contribution is -0.118. The van der Waals surface area contributed by atoms with Gasteiger partial charge in [0.15, 0.2) is 5.78 Å². The molecule has 1 atom stereocenters. The van der Waals surface area contributed by atoms with Crippen molar-refractivity contribution in [2.24, 2.45) is 11.1 Å². The van der Waals surface area contributed by atoms with Crippen LogP contribution in [0.5, 0.6) is 0 Å². The Kier molecular flexibility index (Phi) is 6.39. The minimum Gasteiger partial charge on any atom is -0.384 e. The molecule has 0 amide bonds. The van der Waals surface area contributed by atoms with Crippen molar-refractivity contribution >= 4 is 57.8 Å². The lowest BCUT2D eigenvalue weighted by atomic mass is 9.69. The average molecular weight is 505 g/mol. The molecule has 2 aromatic rings. The lowest BCUT2D eigenvalue weighted by Gasteiger charge is -2.43. The fraction of sp³-hybridized carbons (Fsp3) is 0.333. The molecule has 0 radical (unpaired) electrons. The number of nitrogens with two attached hydrogens (primary N) is 1. The summed E-state index contributed by atoms with van der Waals surface area (Å²) in [5.41, 5.74) is 9.04. The van der Waals surface area contributed by atoms with Crippen LogP contribution in [0.3, 0.4) is 0 Å². The molecule has 2 aliphatic rings. The Hall–Kier alpha value is -1.91. The molecule has 0 unspecified atom stereocenters. The molecule has 32 heavy (non-hydrogen) atoms. The monoisotopic (exact) mass is 503 g/mol. The number of hydrogen-bond donors (Lipinski definition) is 1. The molecule has 166 valence electrons. The highest BCUT2D eigenvalue weighted by Crippen LogP contribution is 2.52. The van der Waals surface area contributed by atoms with Crippen LogP contribution in [0.1, 0.15) is 44.4 Å². The quantitative estimate of drug-likeness (QED) is 0.450. The highest BCUT2D eigenvalue weighted by Gasteiger charge is 2.45. The van der Waals surface area contributed by atoms with Crippen molar-refractivity contribution in [3.05, 3.63) is 67.2 Å². The number of hydrogen-bond acceptors (Lipinski definition) is 6. The molecule has 0 spiro atoms. The van der Waals surface area contributed by atoms with E-state index >= 15 is 0 Å². The van der Waals surface area contributed by atoms with E-state index in [1.54, 1.807) is 35.2 Å². The third-order valence-electron chi connectivity index (χ3n) is 5.76. The van der Waals surface area contributed by atoms with Gasteiger partial charge in [-0.25, -0.2) is 0 Å². The molecule has 4 nitrogen and oxygen atoms in total. The third kappa shape index (κ3) is 3.97. The Balaban J connectivity index is 2.00. The van der Waals surface area contributed by atoms with Gasteiger partial charge in [-0.1, -0.05) is 44.0 Å². The number of nitrogens with zero attached hydrogens (tertiary/aromatic N) is 2. The third-order valence-corrected chi connectivity index (χ3v) is 8.57. The van der Waals surface area contributed by atoms with E-state index in [1.165, 1.54) is 0 Å². The van der Waals surface area contributed by atoms with E-state index in [0.717, 1.165) is 21.2 Å². The number of rotatable bonds is 4. The topological polar surface area (TPSA) is 70.1 Å². The van der Waals surface area contributed by atoms with Gasteiger partial charge in [-0.05, 0) is 47.2 Å². The fourth-order valence-electron chi connectivity index (χ4n) is 4.48. The number of thioether (sulfide) groups is 1. The number of halogens is 2. The minimum atomic E-state index is -0.452. The van der Waals surface area contributed by atoms with Crippen molar-refractivity contribution in [1.82, 2.24) is 0 Å². The largest absolute Gasteiger partial charge is 0.384 e. The van der Waals surface area contributed by atoms with Gasteiger partial charge < -0.3 is 5.73 Å². The standard InChI is InChI=1S/C24H23Cl2N3OS2/c1-4-31-19-7-8-32-22(19)20-14(12-27)23(28)29(13-5-6-15(25)16(26)9-13)17-10-24(2,3)11-18(30)21(17)20/h5-9,20H,4,10-11,28H2,1-3H3/t20-/m1/s1. The number of carbonyl (C=O) groups excluding carboxylic acids is 1. The Morgan fingerprint density at radius 3 is 2.69 bits per heavy atom. The molecule has 2 N–H and O–H groups in total. The van der Waals surface area contributed by atoms with Gasteiger partial charge in [0.25, 0.3) is 0 Å². The Labute approximate surface area is 206 Å². The van der Waals surface area contributed by atoms with Crippen LogP contribution in [0.15, 0.2) is 57.2 Å². The van der Waals surface area contributed by atoms with Crippen LogP contribution in [0.25, 0.3) is 0 Å². The summed E-state index contributed by atoms with van der Waals surface area (Å²) in [6.07, 6.45) is 1.09. The van der Waals surface area contributed by atoms with Crippen LogP contribution in [-0.4, -0.2) is 11.5 Å². The second kappa shape index (κ2) is 8.79. The van der Waals surface area contributed by atoms with E-state index in [4.69, 9.17) is 28.9 Å². The summed E-state index contributed by atoms with van der Waals surface area (Å²) in [7, 11) is 0. The molecule has 0 bridgehead atoms. The SMILES string of the molecule is CCSc1ccsc1[C@@H]1C(C#N)=C(N)N(c2ccc(Cl)c(Cl)c2)C2=C1C(=O)CC(C)(C)C2. The molecule has 1 aliphatic heterocycles. The van der Waals surface area contributed by atoms with E-state index in [1.807, 2.05) is 16.3 Å². The maximum absolute atomic E-state index is 13.6. The molecule has 8 heteroatoms. The molecule has 0 saturated carbocycles. The van der Waals surface area contributed by atoms with Crippen LogP contribution in [0, 0.1) is 16.7 Å². The van der Waals surface area contributed by atoms with Gasteiger partial charge >= 0.3 is 0 Å². The second-order valence-electron chi connectivity index (χ2n) is 8.66. The molecule has 1 aromatic carbocycles. The number of benzene rings is 1. The van der Waals surface area contributed by atoms with Crippen molar-refractivity contribution < 1.29 is 4.79 Å². The summed E-state index contributed by atoms with van der Waals surface area (Å²) >= 11 is 15.7. The molecule has 1 aromatic heterocycles. The van der Waals surface area contributed by atoms with E-state index in [0.29, 0.717) is 45.5 Å². The zero-order chi connectivity index (χ0) is 23.2. The Morgan fingerprint density at radius 1 is 1.28 bits per heavy atom. The van der Waals surface area contributed by atoms with E-state index in [-0.39, 0.29) is 11.2 Å². The summed E-state index contributed by atoms with van der Waals surface area (Å²) in [5.74, 6) is 0.847. The van der Waals surface area contributed by atoms with Crippen molar-refractivity contribution in [2.75, 3.05) is 10.7 Å².